The summed E-state index contributed by atoms with van der Waals surface area (Å²) in [5, 5.41) is 6.77. The van der Waals surface area contributed by atoms with Gasteiger partial charge in [-0.3, -0.25) is 4.99 Å². The smallest absolute Gasteiger partial charge is 0.191 e. The molecule has 0 atom stereocenters. The molecule has 0 aromatic heterocycles. The second-order valence-corrected chi connectivity index (χ2v) is 6.25. The van der Waals surface area contributed by atoms with E-state index < -0.39 is 0 Å². The van der Waals surface area contributed by atoms with Crippen LogP contribution < -0.4 is 15.4 Å². The van der Waals surface area contributed by atoms with E-state index in [1.807, 2.05) is 19.2 Å². The maximum Gasteiger partial charge on any atom is 0.191 e. The van der Waals surface area contributed by atoms with Gasteiger partial charge in [0, 0.05) is 26.7 Å². The summed E-state index contributed by atoms with van der Waals surface area (Å²) in [4.78, 5) is 6.83. The predicted molar refractivity (Wildman–Crippen MR) is 116 cm³/mol. The number of guanidine groups is 1. The molecule has 0 radical (unpaired) electrons. The average molecular weight is 460 g/mol. The van der Waals surface area contributed by atoms with Crippen LogP contribution in [0, 0.1) is 0 Å². The Hall–Kier alpha value is -1.02. The van der Waals surface area contributed by atoms with Crippen molar-refractivity contribution in [1.82, 2.24) is 15.5 Å². The van der Waals surface area contributed by atoms with Crippen molar-refractivity contribution in [1.29, 1.82) is 0 Å². The third-order valence-corrected chi connectivity index (χ3v) is 4.22. The van der Waals surface area contributed by atoms with E-state index in [0.717, 1.165) is 44.4 Å². The Morgan fingerprint density at radius 1 is 1.20 bits per heavy atom. The van der Waals surface area contributed by atoms with Crippen LogP contribution in [0.15, 0.2) is 29.3 Å². The van der Waals surface area contributed by atoms with E-state index in [4.69, 9.17) is 4.74 Å². The average Bonchev–Trinajstić information content (AvgIpc) is 2.64. The molecule has 1 fully saturated rings. The van der Waals surface area contributed by atoms with Crippen LogP contribution in [-0.4, -0.2) is 50.7 Å². The number of rotatable bonds is 8. The summed E-state index contributed by atoms with van der Waals surface area (Å²) in [6, 6.07) is 8.23. The van der Waals surface area contributed by atoms with Crippen molar-refractivity contribution in [3.05, 3.63) is 29.8 Å². The summed E-state index contributed by atoms with van der Waals surface area (Å²) >= 11 is 0. The first kappa shape index (κ1) is 22.0. The fraction of sp³-hybridized carbons (Fsp3) is 0.632. The van der Waals surface area contributed by atoms with Gasteiger partial charge in [-0.05, 0) is 50.0 Å². The zero-order valence-electron chi connectivity index (χ0n) is 15.6. The van der Waals surface area contributed by atoms with Gasteiger partial charge in [-0.25, -0.2) is 0 Å². The Balaban J connectivity index is 0.00000312. The van der Waals surface area contributed by atoms with Crippen molar-refractivity contribution in [2.24, 2.45) is 4.99 Å². The maximum atomic E-state index is 5.68. The Labute approximate surface area is 169 Å². The molecule has 0 saturated carbocycles. The molecule has 0 bridgehead atoms. The molecule has 2 rings (SSSR count). The topological polar surface area (TPSA) is 48.9 Å². The number of piperidine rings is 1. The number of hydrogen-bond donors (Lipinski definition) is 2. The maximum absolute atomic E-state index is 5.68. The summed E-state index contributed by atoms with van der Waals surface area (Å²) in [5.74, 6) is 1.79. The highest BCUT2D eigenvalue weighted by molar-refractivity contribution is 14.0. The highest BCUT2D eigenvalue weighted by Crippen LogP contribution is 2.13. The van der Waals surface area contributed by atoms with Crippen LogP contribution in [0.4, 0.5) is 0 Å². The van der Waals surface area contributed by atoms with Crippen molar-refractivity contribution in [2.75, 3.05) is 39.8 Å². The van der Waals surface area contributed by atoms with Crippen LogP contribution >= 0.6 is 24.0 Å². The van der Waals surface area contributed by atoms with Gasteiger partial charge in [0.2, 0.25) is 0 Å². The van der Waals surface area contributed by atoms with Crippen LogP contribution in [0.3, 0.4) is 0 Å². The monoisotopic (exact) mass is 460 g/mol. The van der Waals surface area contributed by atoms with Crippen LogP contribution in [0.1, 0.15) is 38.2 Å². The standard InChI is InChI=1S/C19H32N4O.HI/c1-3-14-24-18-9-7-8-17(15-18)16-22-19(20-2)21-10-13-23-11-5-4-6-12-23;/h7-9,15H,3-6,10-14,16H2,1-2H3,(H2,20,21,22);1H. The molecular formula is C19H33IN4O. The molecule has 0 spiro atoms. The van der Waals surface area contributed by atoms with Gasteiger partial charge in [0.05, 0.1) is 6.61 Å². The lowest BCUT2D eigenvalue weighted by atomic mass is 10.1. The second kappa shape index (κ2) is 13.2. The van der Waals surface area contributed by atoms with E-state index in [2.05, 4.69) is 39.6 Å². The van der Waals surface area contributed by atoms with E-state index in [9.17, 15) is 0 Å². The Bertz CT molecular complexity index is 504. The molecule has 142 valence electrons. The number of aliphatic imine (C=N–C) groups is 1. The molecule has 0 aliphatic carbocycles. The molecular weight excluding hydrogens is 427 g/mol. The predicted octanol–water partition coefficient (Wildman–Crippen LogP) is 3.24. The number of ether oxygens (including phenoxy) is 1. The summed E-state index contributed by atoms with van der Waals surface area (Å²) in [6.07, 6.45) is 5.08. The third-order valence-electron chi connectivity index (χ3n) is 4.22. The van der Waals surface area contributed by atoms with Crippen molar-refractivity contribution in [3.63, 3.8) is 0 Å². The first-order valence-corrected chi connectivity index (χ1v) is 9.20. The molecule has 2 N–H and O–H groups in total. The molecule has 1 aromatic carbocycles. The van der Waals surface area contributed by atoms with Crippen LogP contribution in [0.25, 0.3) is 0 Å². The van der Waals surface area contributed by atoms with E-state index in [0.29, 0.717) is 0 Å². The van der Waals surface area contributed by atoms with E-state index in [1.54, 1.807) is 0 Å². The molecule has 6 heteroatoms. The minimum Gasteiger partial charge on any atom is -0.494 e. The van der Waals surface area contributed by atoms with Gasteiger partial charge in [-0.2, -0.15) is 0 Å². The third kappa shape index (κ3) is 8.76. The van der Waals surface area contributed by atoms with Crippen molar-refractivity contribution >= 4 is 29.9 Å². The minimum absolute atomic E-state index is 0. The quantitative estimate of drug-likeness (QED) is 0.355. The highest BCUT2D eigenvalue weighted by atomic mass is 127. The van der Waals surface area contributed by atoms with Crippen LogP contribution in [-0.2, 0) is 6.54 Å². The minimum atomic E-state index is 0. The zero-order chi connectivity index (χ0) is 17.0. The van der Waals surface area contributed by atoms with Crippen molar-refractivity contribution in [2.45, 2.75) is 39.2 Å². The van der Waals surface area contributed by atoms with E-state index >= 15 is 0 Å². The highest BCUT2D eigenvalue weighted by Gasteiger charge is 2.09. The molecule has 0 unspecified atom stereocenters. The lowest BCUT2D eigenvalue weighted by Crippen LogP contribution is -2.42. The molecule has 25 heavy (non-hydrogen) atoms. The SMILES string of the molecule is CCCOc1cccc(CNC(=NC)NCCN2CCCCC2)c1.I. The van der Waals surface area contributed by atoms with Gasteiger partial charge in [-0.15, -0.1) is 24.0 Å². The van der Waals surface area contributed by atoms with Crippen LogP contribution in [0.5, 0.6) is 5.75 Å². The fourth-order valence-electron chi connectivity index (χ4n) is 2.89. The second-order valence-electron chi connectivity index (χ2n) is 6.25. The number of likely N-dealkylation sites (tertiary alicyclic amines) is 1. The summed E-state index contributed by atoms with van der Waals surface area (Å²) in [7, 11) is 1.82. The number of halogens is 1. The fourth-order valence-corrected chi connectivity index (χ4v) is 2.89. The number of nitrogens with zero attached hydrogens (tertiary/aromatic N) is 2. The molecule has 1 heterocycles. The largest absolute Gasteiger partial charge is 0.494 e. The van der Waals surface area contributed by atoms with E-state index in [-0.39, 0.29) is 24.0 Å². The van der Waals surface area contributed by atoms with E-state index in [1.165, 1.54) is 37.9 Å². The first-order chi connectivity index (χ1) is 11.8. The van der Waals surface area contributed by atoms with Crippen molar-refractivity contribution in [3.8, 4) is 5.75 Å². The summed E-state index contributed by atoms with van der Waals surface area (Å²) in [5.41, 5.74) is 1.20. The van der Waals surface area contributed by atoms with Gasteiger partial charge < -0.3 is 20.3 Å². The van der Waals surface area contributed by atoms with Gasteiger partial charge in [0.25, 0.3) is 0 Å². The van der Waals surface area contributed by atoms with Crippen LogP contribution in [0.2, 0.25) is 0 Å². The molecule has 5 nitrogen and oxygen atoms in total. The van der Waals surface area contributed by atoms with Gasteiger partial charge in [0.1, 0.15) is 5.75 Å². The molecule has 1 saturated heterocycles. The summed E-state index contributed by atoms with van der Waals surface area (Å²) in [6.45, 7) is 8.10. The molecule has 1 aromatic rings. The Morgan fingerprint density at radius 2 is 2.00 bits per heavy atom. The molecule has 0 amide bonds. The first-order valence-electron chi connectivity index (χ1n) is 9.20. The number of benzene rings is 1. The molecule has 1 aliphatic rings. The number of hydrogen-bond acceptors (Lipinski definition) is 3. The van der Waals surface area contributed by atoms with Gasteiger partial charge >= 0.3 is 0 Å². The zero-order valence-corrected chi connectivity index (χ0v) is 17.9. The lowest BCUT2D eigenvalue weighted by molar-refractivity contribution is 0.232. The Kier molecular flexibility index (Phi) is 11.6. The Morgan fingerprint density at radius 3 is 2.72 bits per heavy atom. The number of nitrogens with one attached hydrogen (secondary N) is 2. The van der Waals surface area contributed by atoms with Gasteiger partial charge in [0.15, 0.2) is 5.96 Å². The summed E-state index contributed by atoms with van der Waals surface area (Å²) < 4.78 is 5.68. The molecule has 1 aliphatic heterocycles. The van der Waals surface area contributed by atoms with Crippen molar-refractivity contribution < 1.29 is 4.74 Å². The lowest BCUT2D eigenvalue weighted by Gasteiger charge is -2.26. The normalized spacial score (nSPS) is 15.4. The van der Waals surface area contributed by atoms with Gasteiger partial charge in [-0.1, -0.05) is 25.5 Å².